The fourth-order valence-electron chi connectivity index (χ4n) is 2.37. The molecule has 0 fully saturated rings. The quantitative estimate of drug-likeness (QED) is 0.843. The van der Waals surface area contributed by atoms with Crippen LogP contribution in [0.25, 0.3) is 0 Å². The molecule has 0 aromatic heterocycles. The van der Waals surface area contributed by atoms with Crippen molar-refractivity contribution in [2.24, 2.45) is 0 Å². The minimum atomic E-state index is 0.264. The maximum Gasteiger partial charge on any atom is 0.0453 e. The monoisotopic (exact) mass is 273 g/mol. The molecular weight excluding hydrogens is 254 g/mol. The highest BCUT2D eigenvalue weighted by molar-refractivity contribution is 6.31. The molecule has 2 aromatic rings. The Kier molecular flexibility index (Phi) is 5.00. The van der Waals surface area contributed by atoms with Crippen molar-refractivity contribution in [3.8, 4) is 0 Å². The summed E-state index contributed by atoms with van der Waals surface area (Å²) in [5, 5.41) is 4.36. The van der Waals surface area contributed by atoms with Crippen LogP contribution in [0, 0.1) is 6.92 Å². The van der Waals surface area contributed by atoms with E-state index in [1.807, 2.05) is 18.2 Å². The molecule has 1 unspecified atom stereocenters. The van der Waals surface area contributed by atoms with Crippen LogP contribution in [0.4, 0.5) is 0 Å². The number of halogens is 1. The molecule has 19 heavy (non-hydrogen) atoms. The Labute approximate surface area is 120 Å². The average molecular weight is 274 g/mol. The van der Waals surface area contributed by atoms with Gasteiger partial charge in [-0.15, -0.1) is 0 Å². The maximum absolute atomic E-state index is 6.31. The Hall–Kier alpha value is -1.31. The topological polar surface area (TPSA) is 12.0 Å². The van der Waals surface area contributed by atoms with E-state index < -0.39 is 0 Å². The Balaban J connectivity index is 2.24. The normalized spacial score (nSPS) is 12.4. The predicted molar refractivity (Wildman–Crippen MR) is 82.8 cm³/mol. The minimum absolute atomic E-state index is 0.264. The van der Waals surface area contributed by atoms with Gasteiger partial charge in [0, 0.05) is 11.1 Å². The van der Waals surface area contributed by atoms with E-state index in [9.17, 15) is 0 Å². The standard InChI is InChI=1S/C17H20ClN/c1-3-19-17(15-9-4-5-10-16(15)18)12-14-8-6-7-13(2)11-14/h4-11,17,19H,3,12H2,1-2H3. The van der Waals surface area contributed by atoms with Gasteiger partial charge in [0.15, 0.2) is 0 Å². The first-order valence-corrected chi connectivity index (χ1v) is 7.12. The predicted octanol–water partition coefficient (Wildman–Crippen LogP) is 4.54. The van der Waals surface area contributed by atoms with Crippen molar-refractivity contribution < 1.29 is 0 Å². The van der Waals surface area contributed by atoms with E-state index in [1.54, 1.807) is 0 Å². The lowest BCUT2D eigenvalue weighted by atomic mass is 9.98. The molecule has 1 N–H and O–H groups in total. The first-order valence-electron chi connectivity index (χ1n) is 6.74. The number of nitrogens with one attached hydrogen (secondary N) is 1. The highest BCUT2D eigenvalue weighted by Crippen LogP contribution is 2.25. The highest BCUT2D eigenvalue weighted by atomic mass is 35.5. The molecule has 1 atom stereocenters. The van der Waals surface area contributed by atoms with Crippen LogP contribution in [-0.2, 0) is 6.42 Å². The number of hydrogen-bond donors (Lipinski definition) is 1. The van der Waals surface area contributed by atoms with Crippen LogP contribution < -0.4 is 5.32 Å². The molecule has 0 heterocycles. The summed E-state index contributed by atoms with van der Waals surface area (Å²) in [4.78, 5) is 0. The first kappa shape index (κ1) is 14.1. The fraction of sp³-hybridized carbons (Fsp3) is 0.294. The first-order chi connectivity index (χ1) is 9.20. The summed E-state index contributed by atoms with van der Waals surface area (Å²) in [5.74, 6) is 0. The molecule has 0 saturated heterocycles. The lowest BCUT2D eigenvalue weighted by molar-refractivity contribution is 0.550. The maximum atomic E-state index is 6.31. The van der Waals surface area contributed by atoms with Crippen molar-refractivity contribution in [1.82, 2.24) is 5.32 Å². The Morgan fingerprint density at radius 3 is 2.58 bits per heavy atom. The second kappa shape index (κ2) is 6.74. The van der Waals surface area contributed by atoms with Crippen molar-refractivity contribution >= 4 is 11.6 Å². The molecule has 0 bridgehead atoms. The van der Waals surface area contributed by atoms with Crippen LogP contribution in [0.15, 0.2) is 48.5 Å². The minimum Gasteiger partial charge on any atom is -0.310 e. The van der Waals surface area contributed by atoms with Crippen molar-refractivity contribution in [2.75, 3.05) is 6.54 Å². The van der Waals surface area contributed by atoms with Gasteiger partial charge in [0.25, 0.3) is 0 Å². The third-order valence-corrected chi connectivity index (χ3v) is 3.60. The third-order valence-electron chi connectivity index (χ3n) is 3.25. The van der Waals surface area contributed by atoms with Gasteiger partial charge in [-0.2, -0.15) is 0 Å². The van der Waals surface area contributed by atoms with Gasteiger partial charge in [-0.3, -0.25) is 0 Å². The summed E-state index contributed by atoms with van der Waals surface area (Å²) in [6.45, 7) is 5.18. The Bertz CT molecular complexity index is 536. The average Bonchev–Trinajstić information content (AvgIpc) is 2.39. The molecule has 2 rings (SSSR count). The SMILES string of the molecule is CCNC(Cc1cccc(C)c1)c1ccccc1Cl. The van der Waals surface area contributed by atoms with E-state index in [0.29, 0.717) is 0 Å². The second-order valence-corrected chi connectivity index (χ2v) is 5.23. The number of likely N-dealkylation sites (N-methyl/N-ethyl adjacent to an activating group) is 1. The fourth-order valence-corrected chi connectivity index (χ4v) is 2.64. The van der Waals surface area contributed by atoms with Gasteiger partial charge in [-0.1, -0.05) is 66.6 Å². The number of hydrogen-bond acceptors (Lipinski definition) is 1. The summed E-state index contributed by atoms with van der Waals surface area (Å²) in [7, 11) is 0. The molecule has 0 aliphatic rings. The van der Waals surface area contributed by atoms with E-state index in [4.69, 9.17) is 11.6 Å². The number of benzene rings is 2. The lowest BCUT2D eigenvalue weighted by Crippen LogP contribution is -2.23. The zero-order chi connectivity index (χ0) is 13.7. The summed E-state index contributed by atoms with van der Waals surface area (Å²) in [5.41, 5.74) is 3.81. The van der Waals surface area contributed by atoms with Crippen LogP contribution in [-0.4, -0.2) is 6.54 Å². The van der Waals surface area contributed by atoms with Gasteiger partial charge in [-0.05, 0) is 37.1 Å². The van der Waals surface area contributed by atoms with Crippen LogP contribution in [0.3, 0.4) is 0 Å². The summed E-state index contributed by atoms with van der Waals surface area (Å²) >= 11 is 6.31. The van der Waals surface area contributed by atoms with Crippen LogP contribution in [0.1, 0.15) is 29.7 Å². The molecule has 2 aromatic carbocycles. The summed E-state index contributed by atoms with van der Waals surface area (Å²) < 4.78 is 0. The van der Waals surface area contributed by atoms with Crippen molar-refractivity contribution in [2.45, 2.75) is 26.3 Å². The second-order valence-electron chi connectivity index (χ2n) is 4.82. The van der Waals surface area contributed by atoms with Gasteiger partial charge in [0.05, 0.1) is 0 Å². The van der Waals surface area contributed by atoms with E-state index >= 15 is 0 Å². The van der Waals surface area contributed by atoms with E-state index in [-0.39, 0.29) is 6.04 Å². The Morgan fingerprint density at radius 1 is 1.11 bits per heavy atom. The van der Waals surface area contributed by atoms with Gasteiger partial charge in [0.2, 0.25) is 0 Å². The van der Waals surface area contributed by atoms with Crippen LogP contribution in [0.5, 0.6) is 0 Å². The number of rotatable bonds is 5. The molecule has 0 aliphatic heterocycles. The molecule has 100 valence electrons. The van der Waals surface area contributed by atoms with Gasteiger partial charge in [-0.25, -0.2) is 0 Å². The molecular formula is C17H20ClN. The van der Waals surface area contributed by atoms with Crippen LogP contribution >= 0.6 is 11.6 Å². The largest absolute Gasteiger partial charge is 0.310 e. The highest BCUT2D eigenvalue weighted by Gasteiger charge is 2.13. The summed E-state index contributed by atoms with van der Waals surface area (Å²) in [6, 6.07) is 17.0. The molecule has 0 saturated carbocycles. The number of aryl methyl sites for hydroxylation is 1. The van der Waals surface area contributed by atoms with Gasteiger partial charge in [0.1, 0.15) is 0 Å². The van der Waals surface area contributed by atoms with Crippen LogP contribution in [0.2, 0.25) is 5.02 Å². The molecule has 0 amide bonds. The van der Waals surface area contributed by atoms with Crippen molar-refractivity contribution in [3.63, 3.8) is 0 Å². The Morgan fingerprint density at radius 2 is 1.89 bits per heavy atom. The van der Waals surface area contributed by atoms with Gasteiger partial charge >= 0.3 is 0 Å². The third kappa shape index (κ3) is 3.82. The smallest absolute Gasteiger partial charge is 0.0453 e. The molecule has 2 heteroatoms. The lowest BCUT2D eigenvalue weighted by Gasteiger charge is -2.20. The van der Waals surface area contributed by atoms with E-state index in [2.05, 4.69) is 49.5 Å². The summed E-state index contributed by atoms with van der Waals surface area (Å²) in [6.07, 6.45) is 0.958. The van der Waals surface area contributed by atoms with Crippen molar-refractivity contribution in [1.29, 1.82) is 0 Å². The van der Waals surface area contributed by atoms with Gasteiger partial charge < -0.3 is 5.32 Å². The zero-order valence-corrected chi connectivity index (χ0v) is 12.2. The molecule has 0 aliphatic carbocycles. The molecule has 0 spiro atoms. The van der Waals surface area contributed by atoms with Crippen molar-refractivity contribution in [3.05, 3.63) is 70.2 Å². The molecule has 0 radical (unpaired) electrons. The zero-order valence-electron chi connectivity index (χ0n) is 11.5. The molecule has 1 nitrogen and oxygen atoms in total. The van der Waals surface area contributed by atoms with E-state index in [1.165, 1.54) is 16.7 Å². The van der Waals surface area contributed by atoms with E-state index in [0.717, 1.165) is 18.0 Å².